The summed E-state index contributed by atoms with van der Waals surface area (Å²) in [5.74, 6) is 0.965. The van der Waals surface area contributed by atoms with Crippen LogP contribution in [0.3, 0.4) is 0 Å². The van der Waals surface area contributed by atoms with E-state index in [0.29, 0.717) is 11.5 Å². The highest BCUT2D eigenvalue weighted by Crippen LogP contribution is 2.19. The second-order valence-electron chi connectivity index (χ2n) is 4.39. The van der Waals surface area contributed by atoms with Crippen LogP contribution in [0.4, 0.5) is 0 Å². The van der Waals surface area contributed by atoms with Crippen molar-refractivity contribution < 1.29 is 13.9 Å². The summed E-state index contributed by atoms with van der Waals surface area (Å²) in [5, 5.41) is 8.76. The Hall–Kier alpha value is -3.00. The van der Waals surface area contributed by atoms with Gasteiger partial charge in [0.2, 0.25) is 0 Å². The van der Waals surface area contributed by atoms with E-state index < -0.39 is 5.91 Å². The van der Waals surface area contributed by atoms with Gasteiger partial charge < -0.3 is 14.9 Å². The molecule has 5 nitrogen and oxygen atoms in total. The van der Waals surface area contributed by atoms with Crippen LogP contribution in [-0.4, -0.2) is 5.91 Å². The third kappa shape index (κ3) is 3.74. The van der Waals surface area contributed by atoms with E-state index in [-0.39, 0.29) is 12.2 Å². The molecule has 0 saturated heterocycles. The number of nitriles is 1. The molecule has 0 aliphatic rings. The van der Waals surface area contributed by atoms with Crippen molar-refractivity contribution in [2.75, 3.05) is 0 Å². The van der Waals surface area contributed by atoms with Gasteiger partial charge >= 0.3 is 0 Å². The first-order valence-corrected chi connectivity index (χ1v) is 6.29. The molecule has 0 unspecified atom stereocenters. The van der Waals surface area contributed by atoms with Crippen LogP contribution < -0.4 is 10.5 Å². The maximum atomic E-state index is 11.0. The average Bonchev–Trinajstić information content (AvgIpc) is 2.91. The molecule has 0 saturated carbocycles. The van der Waals surface area contributed by atoms with E-state index in [0.717, 1.165) is 11.3 Å². The lowest BCUT2D eigenvalue weighted by Gasteiger charge is -2.06. The summed E-state index contributed by atoms with van der Waals surface area (Å²) >= 11 is 0. The molecule has 5 heteroatoms. The van der Waals surface area contributed by atoms with Gasteiger partial charge in [0.1, 0.15) is 35.5 Å². The monoisotopic (exact) mass is 282 g/mol. The number of para-hydroxylation sites is 1. The van der Waals surface area contributed by atoms with Gasteiger partial charge in [0, 0.05) is 6.08 Å². The number of carbonyl (C=O) groups excluding carboxylic acids is 1. The zero-order chi connectivity index (χ0) is 15.2. The van der Waals surface area contributed by atoms with Gasteiger partial charge in [-0.15, -0.1) is 0 Å². The predicted molar refractivity (Wildman–Crippen MR) is 77.0 cm³/mol. The Balaban J connectivity index is 2.06. The van der Waals surface area contributed by atoms with Crippen molar-refractivity contribution in [2.45, 2.75) is 13.5 Å². The lowest BCUT2D eigenvalue weighted by atomic mass is 10.2. The minimum Gasteiger partial charge on any atom is -0.485 e. The Bertz CT molecular complexity index is 723. The van der Waals surface area contributed by atoms with Crippen LogP contribution in [0.5, 0.6) is 5.75 Å². The van der Waals surface area contributed by atoms with Gasteiger partial charge in [-0.2, -0.15) is 5.26 Å². The number of benzene rings is 1. The highest BCUT2D eigenvalue weighted by molar-refractivity contribution is 6.00. The summed E-state index contributed by atoms with van der Waals surface area (Å²) in [6.45, 7) is 2.22. The molecule has 2 N–H and O–H groups in total. The van der Waals surface area contributed by atoms with Crippen molar-refractivity contribution in [3.05, 3.63) is 59.1 Å². The van der Waals surface area contributed by atoms with Gasteiger partial charge in [0.25, 0.3) is 5.91 Å². The number of rotatable bonds is 5. The minimum absolute atomic E-state index is 0.157. The first kappa shape index (κ1) is 14.4. The molecule has 1 aromatic carbocycles. The number of nitrogens with zero attached hydrogens (tertiary/aromatic N) is 1. The number of hydrogen-bond acceptors (Lipinski definition) is 4. The zero-order valence-electron chi connectivity index (χ0n) is 11.5. The Kier molecular flexibility index (Phi) is 4.42. The Morgan fingerprint density at radius 1 is 1.38 bits per heavy atom. The molecule has 0 atom stereocenters. The molecule has 2 aromatic rings. The summed E-state index contributed by atoms with van der Waals surface area (Å²) in [6.07, 6.45) is 1.31. The molecule has 0 aliphatic carbocycles. The zero-order valence-corrected chi connectivity index (χ0v) is 11.5. The van der Waals surface area contributed by atoms with Crippen molar-refractivity contribution in [2.24, 2.45) is 5.73 Å². The molecule has 0 bridgehead atoms. The Morgan fingerprint density at radius 2 is 2.14 bits per heavy atom. The molecular weight excluding hydrogens is 268 g/mol. The van der Waals surface area contributed by atoms with Crippen LogP contribution in [0, 0.1) is 18.3 Å². The van der Waals surface area contributed by atoms with E-state index in [1.807, 2.05) is 31.2 Å². The quantitative estimate of drug-likeness (QED) is 0.674. The average molecular weight is 282 g/mol. The summed E-state index contributed by atoms with van der Waals surface area (Å²) in [7, 11) is 0. The van der Waals surface area contributed by atoms with E-state index >= 15 is 0 Å². The van der Waals surface area contributed by atoms with Crippen LogP contribution in [0.15, 0.2) is 46.4 Å². The maximum Gasteiger partial charge on any atom is 0.259 e. The highest BCUT2D eigenvalue weighted by Gasteiger charge is 2.07. The van der Waals surface area contributed by atoms with E-state index in [2.05, 4.69) is 0 Å². The summed E-state index contributed by atoms with van der Waals surface area (Å²) in [4.78, 5) is 11.0. The summed E-state index contributed by atoms with van der Waals surface area (Å²) in [6, 6.07) is 12.8. The van der Waals surface area contributed by atoms with Crippen molar-refractivity contribution in [3.8, 4) is 11.8 Å². The number of ether oxygens (including phenoxy) is 1. The van der Waals surface area contributed by atoms with E-state index in [1.54, 1.807) is 18.2 Å². The molecular formula is C16H14N2O3. The fourth-order valence-electron chi connectivity index (χ4n) is 1.72. The number of aryl methyl sites for hydroxylation is 1. The smallest absolute Gasteiger partial charge is 0.259 e. The van der Waals surface area contributed by atoms with Gasteiger partial charge in [-0.05, 0) is 30.7 Å². The molecule has 2 rings (SSSR count). The lowest BCUT2D eigenvalue weighted by molar-refractivity contribution is -0.114. The van der Waals surface area contributed by atoms with Crippen LogP contribution in [-0.2, 0) is 11.4 Å². The van der Waals surface area contributed by atoms with Crippen LogP contribution >= 0.6 is 0 Å². The molecule has 1 heterocycles. The SMILES string of the molecule is Cc1ccccc1OCc1ccc(/C=C(\C#N)C(N)=O)o1. The second-order valence-corrected chi connectivity index (χ2v) is 4.39. The molecule has 0 spiro atoms. The van der Waals surface area contributed by atoms with Crippen molar-refractivity contribution in [1.82, 2.24) is 0 Å². The van der Waals surface area contributed by atoms with Crippen LogP contribution in [0.25, 0.3) is 6.08 Å². The third-order valence-corrected chi connectivity index (χ3v) is 2.82. The molecule has 1 amide bonds. The first-order valence-electron chi connectivity index (χ1n) is 6.29. The topological polar surface area (TPSA) is 89.2 Å². The first-order chi connectivity index (χ1) is 10.1. The van der Waals surface area contributed by atoms with Gasteiger partial charge in [-0.25, -0.2) is 0 Å². The molecule has 0 fully saturated rings. The summed E-state index contributed by atoms with van der Waals surface area (Å²) < 4.78 is 11.1. The molecule has 0 aliphatic heterocycles. The van der Waals surface area contributed by atoms with E-state index in [9.17, 15) is 4.79 Å². The standard InChI is InChI=1S/C16H14N2O3/c1-11-4-2-3-5-15(11)20-10-14-7-6-13(21-14)8-12(9-17)16(18)19/h2-8H,10H2,1H3,(H2,18,19)/b12-8+. The summed E-state index contributed by atoms with van der Waals surface area (Å²) in [5.41, 5.74) is 5.93. The molecule has 1 aromatic heterocycles. The highest BCUT2D eigenvalue weighted by atomic mass is 16.5. The number of primary amides is 1. The second kappa shape index (κ2) is 6.44. The maximum absolute atomic E-state index is 11.0. The van der Waals surface area contributed by atoms with E-state index in [4.69, 9.17) is 20.1 Å². The number of hydrogen-bond donors (Lipinski definition) is 1. The van der Waals surface area contributed by atoms with Crippen molar-refractivity contribution in [3.63, 3.8) is 0 Å². The van der Waals surface area contributed by atoms with Crippen molar-refractivity contribution in [1.29, 1.82) is 5.26 Å². The molecule has 106 valence electrons. The van der Waals surface area contributed by atoms with Gasteiger partial charge in [-0.3, -0.25) is 4.79 Å². The minimum atomic E-state index is -0.786. The van der Waals surface area contributed by atoms with Gasteiger partial charge in [-0.1, -0.05) is 18.2 Å². The lowest BCUT2D eigenvalue weighted by Crippen LogP contribution is -2.12. The fourth-order valence-corrected chi connectivity index (χ4v) is 1.72. The Morgan fingerprint density at radius 3 is 2.81 bits per heavy atom. The van der Waals surface area contributed by atoms with Gasteiger partial charge in [0.15, 0.2) is 0 Å². The number of carbonyl (C=O) groups is 1. The number of amides is 1. The normalized spacial score (nSPS) is 11.0. The predicted octanol–water partition coefficient (Wildman–Crippen LogP) is 2.56. The van der Waals surface area contributed by atoms with Crippen LogP contribution in [0.2, 0.25) is 0 Å². The third-order valence-electron chi connectivity index (χ3n) is 2.82. The van der Waals surface area contributed by atoms with Crippen LogP contribution in [0.1, 0.15) is 17.1 Å². The Labute approximate surface area is 122 Å². The number of nitrogens with two attached hydrogens (primary N) is 1. The van der Waals surface area contributed by atoms with Gasteiger partial charge in [0.05, 0.1) is 0 Å². The molecule has 0 radical (unpaired) electrons. The van der Waals surface area contributed by atoms with Crippen molar-refractivity contribution >= 4 is 12.0 Å². The fraction of sp³-hybridized carbons (Fsp3) is 0.125. The number of furan rings is 1. The largest absolute Gasteiger partial charge is 0.485 e. The molecule has 21 heavy (non-hydrogen) atoms. The van der Waals surface area contributed by atoms with E-state index in [1.165, 1.54) is 6.08 Å².